The molecule has 0 radical (unpaired) electrons. The van der Waals surface area contributed by atoms with E-state index in [0.717, 1.165) is 12.8 Å². The van der Waals surface area contributed by atoms with E-state index in [0.29, 0.717) is 47.3 Å². The van der Waals surface area contributed by atoms with Crippen LogP contribution in [-0.2, 0) is 14.9 Å². The summed E-state index contributed by atoms with van der Waals surface area (Å²) >= 11 is 0. The van der Waals surface area contributed by atoms with Crippen LogP contribution in [0, 0.1) is 46.3 Å². The molecule has 7 heteroatoms. The molecule has 0 spiro atoms. The molecule has 4 fully saturated rings. The lowest BCUT2D eigenvalue weighted by Crippen LogP contribution is -2.57. The molecule has 4 aliphatic carbocycles. The molecule has 0 bridgehead atoms. The molecule has 35 heavy (non-hydrogen) atoms. The molecule has 3 N–H and O–H groups in total. The van der Waals surface area contributed by atoms with Crippen LogP contribution in [0.25, 0.3) is 0 Å². The quantitative estimate of drug-likeness (QED) is 0.393. The number of hydrogen-bond acceptors (Lipinski definition) is 4. The van der Waals surface area contributed by atoms with Crippen molar-refractivity contribution in [2.45, 2.75) is 111 Å². The number of hydrogen-bond donors (Lipinski definition) is 3. The number of nitrogens with one attached hydrogen (secondary N) is 1. The van der Waals surface area contributed by atoms with E-state index >= 15 is 0 Å². The van der Waals surface area contributed by atoms with Gasteiger partial charge in [-0.15, -0.1) is 0 Å². The van der Waals surface area contributed by atoms with Gasteiger partial charge in [-0.3, -0.25) is 9.35 Å². The second-order valence-electron chi connectivity index (χ2n) is 12.4. The van der Waals surface area contributed by atoms with Crippen LogP contribution in [0.4, 0.5) is 0 Å². The number of carbonyl (C=O) groups excluding carboxylic acids is 1. The monoisotopic (exact) mass is 513 g/mol. The highest BCUT2D eigenvalue weighted by molar-refractivity contribution is 7.85. The number of fused-ring (bicyclic) bond motifs is 5. The Morgan fingerprint density at radius 3 is 2.40 bits per heavy atom. The van der Waals surface area contributed by atoms with Gasteiger partial charge < -0.3 is 10.4 Å². The summed E-state index contributed by atoms with van der Waals surface area (Å²) in [4.78, 5) is 12.2. The van der Waals surface area contributed by atoms with Crippen molar-refractivity contribution in [2.75, 3.05) is 12.3 Å². The number of aliphatic hydroxyl groups excluding tert-OH is 1. The summed E-state index contributed by atoms with van der Waals surface area (Å²) in [6.07, 6.45) is 12.2. The topological polar surface area (TPSA) is 104 Å². The van der Waals surface area contributed by atoms with Crippen LogP contribution in [0.5, 0.6) is 0 Å². The highest BCUT2D eigenvalue weighted by Gasteiger charge is 2.62. The van der Waals surface area contributed by atoms with E-state index in [9.17, 15) is 18.3 Å². The van der Waals surface area contributed by atoms with E-state index in [1.54, 1.807) is 0 Å². The Morgan fingerprint density at radius 1 is 1.03 bits per heavy atom. The summed E-state index contributed by atoms with van der Waals surface area (Å²) < 4.78 is 30.5. The Balaban J connectivity index is 0.00000167. The summed E-state index contributed by atoms with van der Waals surface area (Å²) in [5.41, 5.74) is 0.647. The zero-order chi connectivity index (χ0) is 26.0. The van der Waals surface area contributed by atoms with Crippen molar-refractivity contribution in [2.24, 2.45) is 46.3 Å². The van der Waals surface area contributed by atoms with E-state index < -0.39 is 15.9 Å². The van der Waals surface area contributed by atoms with Gasteiger partial charge in [0.25, 0.3) is 10.1 Å². The number of amides is 1. The molecule has 4 rings (SSSR count). The van der Waals surface area contributed by atoms with Crippen LogP contribution < -0.4 is 5.32 Å². The van der Waals surface area contributed by atoms with Crippen molar-refractivity contribution in [3.8, 4) is 0 Å². The third-order valence-corrected chi connectivity index (χ3v) is 11.6. The second kappa shape index (κ2) is 11.4. The van der Waals surface area contributed by atoms with Crippen LogP contribution in [0.15, 0.2) is 0 Å². The van der Waals surface area contributed by atoms with E-state index in [2.05, 4.69) is 26.1 Å². The summed E-state index contributed by atoms with van der Waals surface area (Å²) in [5, 5.41) is 14.0. The largest absolute Gasteiger partial charge is 0.393 e. The third-order valence-electron chi connectivity index (χ3n) is 10.9. The van der Waals surface area contributed by atoms with Crippen molar-refractivity contribution in [1.29, 1.82) is 0 Å². The molecule has 0 aliphatic heterocycles. The first kappa shape index (κ1) is 28.9. The molecule has 0 heterocycles. The summed E-state index contributed by atoms with van der Waals surface area (Å²) in [5.74, 6) is 2.77. The van der Waals surface area contributed by atoms with E-state index in [-0.39, 0.29) is 24.0 Å². The normalized spacial score (nSPS) is 41.5. The molecular formula is C28H51NO5S. The maximum atomic E-state index is 12.2. The Hall–Kier alpha value is -0.660. The standard InChI is InChI=1S/C26H45NO5S.C2H6/c1-17(7-10-23(29)27-14-15-33(30,31)32)19-8-9-20-24-21(11-13-26(19,20)3)25(2)12-5-4-6-18(25)16-22(24)28;1-2/h17-22,24,28H,4-16H2,1-3H3,(H,27,29)(H,30,31,32);1-2H3/t17-,18?,19?,20+,21?,22?,24?,25?,26?;/m1./s1. The van der Waals surface area contributed by atoms with Gasteiger partial charge in [-0.2, -0.15) is 8.42 Å². The average Bonchev–Trinajstić information content (AvgIpc) is 3.15. The highest BCUT2D eigenvalue weighted by atomic mass is 32.2. The van der Waals surface area contributed by atoms with Crippen LogP contribution in [-0.4, -0.2) is 42.4 Å². The van der Waals surface area contributed by atoms with Crippen molar-refractivity contribution < 1.29 is 22.9 Å². The Bertz CT molecular complexity index is 831. The highest BCUT2D eigenvalue weighted by Crippen LogP contribution is 2.68. The van der Waals surface area contributed by atoms with Crippen molar-refractivity contribution in [3.63, 3.8) is 0 Å². The fourth-order valence-corrected chi connectivity index (χ4v) is 9.56. The van der Waals surface area contributed by atoms with Gasteiger partial charge in [0.1, 0.15) is 0 Å². The molecule has 204 valence electrons. The van der Waals surface area contributed by atoms with E-state index in [1.165, 1.54) is 51.4 Å². The van der Waals surface area contributed by atoms with Gasteiger partial charge in [0.2, 0.25) is 5.91 Å². The minimum Gasteiger partial charge on any atom is -0.393 e. The van der Waals surface area contributed by atoms with Crippen LogP contribution in [0.2, 0.25) is 0 Å². The molecule has 0 aromatic rings. The van der Waals surface area contributed by atoms with Crippen molar-refractivity contribution in [1.82, 2.24) is 5.32 Å². The maximum absolute atomic E-state index is 12.2. The molecule has 4 saturated carbocycles. The molecule has 1 amide bonds. The molecule has 0 aromatic heterocycles. The van der Waals surface area contributed by atoms with E-state index in [4.69, 9.17) is 4.55 Å². The van der Waals surface area contributed by atoms with Gasteiger partial charge in [-0.25, -0.2) is 0 Å². The molecule has 7 unspecified atom stereocenters. The zero-order valence-electron chi connectivity index (χ0n) is 22.8. The lowest BCUT2D eigenvalue weighted by molar-refractivity contribution is -0.164. The molecule has 6 nitrogen and oxygen atoms in total. The fourth-order valence-electron chi connectivity index (χ4n) is 9.20. The minimum absolute atomic E-state index is 0.0457. The Kier molecular flexibility index (Phi) is 9.40. The van der Waals surface area contributed by atoms with Crippen LogP contribution in [0.1, 0.15) is 105 Å². The molecule has 9 atom stereocenters. The zero-order valence-corrected chi connectivity index (χ0v) is 23.6. The summed E-state index contributed by atoms with van der Waals surface area (Å²) in [7, 11) is -4.05. The molecular weight excluding hydrogens is 462 g/mol. The number of rotatable bonds is 7. The molecule has 0 saturated heterocycles. The van der Waals surface area contributed by atoms with Crippen molar-refractivity contribution >= 4 is 16.0 Å². The predicted octanol–water partition coefficient (Wildman–Crippen LogP) is 5.45. The van der Waals surface area contributed by atoms with Gasteiger partial charge in [-0.1, -0.05) is 47.5 Å². The first-order valence-corrected chi connectivity index (χ1v) is 16.0. The first-order valence-electron chi connectivity index (χ1n) is 14.4. The lowest BCUT2D eigenvalue weighted by atomic mass is 9.44. The van der Waals surface area contributed by atoms with Gasteiger partial charge >= 0.3 is 0 Å². The van der Waals surface area contributed by atoms with Gasteiger partial charge in [0, 0.05) is 13.0 Å². The van der Waals surface area contributed by atoms with Gasteiger partial charge in [-0.05, 0) is 97.7 Å². The Morgan fingerprint density at radius 2 is 1.71 bits per heavy atom. The second-order valence-corrected chi connectivity index (χ2v) is 14.0. The summed E-state index contributed by atoms with van der Waals surface area (Å²) in [6, 6.07) is 0. The molecule has 0 aromatic carbocycles. The molecule has 4 aliphatic rings. The fraction of sp³-hybridized carbons (Fsp3) is 0.964. The van der Waals surface area contributed by atoms with Crippen molar-refractivity contribution in [3.05, 3.63) is 0 Å². The number of aliphatic hydroxyl groups is 1. The van der Waals surface area contributed by atoms with E-state index in [1.807, 2.05) is 13.8 Å². The van der Waals surface area contributed by atoms with Gasteiger partial charge in [0.15, 0.2) is 0 Å². The van der Waals surface area contributed by atoms with Crippen LogP contribution >= 0.6 is 0 Å². The maximum Gasteiger partial charge on any atom is 0.266 e. The lowest BCUT2D eigenvalue weighted by Gasteiger charge is -2.62. The summed E-state index contributed by atoms with van der Waals surface area (Å²) in [6.45, 7) is 11.2. The first-order chi connectivity index (χ1) is 16.5. The SMILES string of the molecule is CC.C[C@H](CCC(=O)NCCS(=O)(=O)O)C1CC[C@H]2C3C(O)CC4CCCCC4(C)C3CCC12C. The minimum atomic E-state index is -4.05. The predicted molar refractivity (Wildman–Crippen MR) is 140 cm³/mol. The average molecular weight is 514 g/mol. The Labute approximate surface area is 214 Å². The van der Waals surface area contributed by atoms with Gasteiger partial charge in [0.05, 0.1) is 11.9 Å². The number of carbonyl (C=O) groups is 1. The third kappa shape index (κ3) is 5.93. The smallest absolute Gasteiger partial charge is 0.266 e. The van der Waals surface area contributed by atoms with Crippen LogP contribution in [0.3, 0.4) is 0 Å².